The predicted octanol–water partition coefficient (Wildman–Crippen LogP) is 3.20. The molecule has 1 aromatic heterocycles. The Morgan fingerprint density at radius 1 is 1.36 bits per heavy atom. The maximum Gasteiger partial charge on any atom is 0.129 e. The average molecular weight is 231 g/mol. The highest BCUT2D eigenvalue weighted by molar-refractivity contribution is 6.32. The highest BCUT2D eigenvalue weighted by Gasteiger charge is 2.17. The number of aromatic nitrogens is 1. The van der Waals surface area contributed by atoms with E-state index in [-0.39, 0.29) is 0 Å². The van der Waals surface area contributed by atoms with Crippen LogP contribution in [0.4, 0.5) is 0 Å². The lowest BCUT2D eigenvalue weighted by Crippen LogP contribution is -2.27. The van der Waals surface area contributed by atoms with Crippen molar-refractivity contribution in [3.8, 4) is 0 Å². The molecule has 0 radical (unpaired) electrons. The Labute approximate surface area is 93.6 Å². The Hall–Kier alpha value is -0.310. The molecule has 1 unspecified atom stereocenters. The number of hydrogen-bond acceptors (Lipinski definition) is 2. The lowest BCUT2D eigenvalue weighted by atomic mass is 9.98. The van der Waals surface area contributed by atoms with Crippen molar-refractivity contribution in [3.63, 3.8) is 0 Å². The van der Waals surface area contributed by atoms with E-state index < -0.39 is 0 Å². The Morgan fingerprint density at radius 3 is 2.93 bits per heavy atom. The Morgan fingerprint density at radius 2 is 2.21 bits per heavy atom. The minimum absolute atomic E-state index is 0.344. The lowest BCUT2D eigenvalue weighted by molar-refractivity contribution is 0.412. The summed E-state index contributed by atoms with van der Waals surface area (Å²) in [6.07, 6.45) is 5.23. The minimum Gasteiger partial charge on any atom is -0.310 e. The summed E-state index contributed by atoms with van der Waals surface area (Å²) in [4.78, 5) is 3.94. The van der Waals surface area contributed by atoms with Gasteiger partial charge in [0, 0.05) is 12.2 Å². The molecule has 0 spiro atoms. The van der Waals surface area contributed by atoms with Crippen LogP contribution in [0.5, 0.6) is 0 Å². The number of rotatable bonds is 1. The molecule has 0 aromatic carbocycles. The van der Waals surface area contributed by atoms with Crippen LogP contribution < -0.4 is 5.32 Å². The highest BCUT2D eigenvalue weighted by Crippen LogP contribution is 2.29. The molecule has 1 aliphatic rings. The lowest BCUT2D eigenvalue weighted by Gasteiger charge is -2.24. The summed E-state index contributed by atoms with van der Waals surface area (Å²) >= 11 is 11.9. The van der Waals surface area contributed by atoms with Crippen LogP contribution in [0, 0.1) is 0 Å². The van der Waals surface area contributed by atoms with Crippen molar-refractivity contribution in [3.05, 3.63) is 28.0 Å². The van der Waals surface area contributed by atoms with Crippen molar-refractivity contribution < 1.29 is 0 Å². The van der Waals surface area contributed by atoms with Gasteiger partial charge >= 0.3 is 0 Å². The zero-order valence-electron chi connectivity index (χ0n) is 7.76. The number of pyridine rings is 1. The van der Waals surface area contributed by atoms with E-state index in [1.54, 1.807) is 6.20 Å². The van der Waals surface area contributed by atoms with E-state index in [1.807, 2.05) is 6.07 Å². The van der Waals surface area contributed by atoms with Gasteiger partial charge in [-0.2, -0.15) is 0 Å². The van der Waals surface area contributed by atoms with Crippen LogP contribution in [0.25, 0.3) is 0 Å². The van der Waals surface area contributed by atoms with E-state index in [1.165, 1.54) is 12.8 Å². The highest BCUT2D eigenvalue weighted by atomic mass is 35.5. The number of piperidine rings is 1. The molecule has 1 saturated heterocycles. The second-order valence-electron chi connectivity index (χ2n) is 3.53. The van der Waals surface area contributed by atoms with Crippen molar-refractivity contribution in [2.75, 3.05) is 6.54 Å². The largest absolute Gasteiger partial charge is 0.310 e. The van der Waals surface area contributed by atoms with E-state index in [0.717, 1.165) is 18.5 Å². The summed E-state index contributed by atoms with van der Waals surface area (Å²) < 4.78 is 0. The molecule has 1 aliphatic heterocycles. The fourth-order valence-electron chi connectivity index (χ4n) is 1.81. The van der Waals surface area contributed by atoms with Gasteiger partial charge in [0.2, 0.25) is 0 Å². The molecule has 0 bridgehead atoms. The van der Waals surface area contributed by atoms with Crippen LogP contribution in [0.15, 0.2) is 12.3 Å². The van der Waals surface area contributed by atoms with E-state index in [9.17, 15) is 0 Å². The van der Waals surface area contributed by atoms with E-state index in [0.29, 0.717) is 16.2 Å². The first-order chi connectivity index (χ1) is 6.77. The Balaban J connectivity index is 2.24. The summed E-state index contributed by atoms with van der Waals surface area (Å²) in [5.41, 5.74) is 1.08. The smallest absolute Gasteiger partial charge is 0.129 e. The van der Waals surface area contributed by atoms with Crippen molar-refractivity contribution >= 4 is 23.2 Å². The first-order valence-electron chi connectivity index (χ1n) is 4.81. The average Bonchev–Trinajstić information content (AvgIpc) is 2.23. The molecule has 1 aromatic rings. The number of hydrogen-bond donors (Lipinski definition) is 1. The molecule has 76 valence electrons. The molecule has 1 fully saturated rings. The van der Waals surface area contributed by atoms with E-state index >= 15 is 0 Å². The summed E-state index contributed by atoms with van der Waals surface area (Å²) in [5, 5.41) is 4.65. The number of nitrogens with zero attached hydrogens (tertiary/aromatic N) is 1. The fraction of sp³-hybridized carbons (Fsp3) is 0.500. The second kappa shape index (κ2) is 4.47. The third kappa shape index (κ3) is 2.19. The van der Waals surface area contributed by atoms with Gasteiger partial charge < -0.3 is 5.32 Å². The van der Waals surface area contributed by atoms with Gasteiger partial charge in [0.1, 0.15) is 5.15 Å². The maximum absolute atomic E-state index is 6.07. The zero-order valence-corrected chi connectivity index (χ0v) is 9.28. The molecule has 0 saturated carbocycles. The third-order valence-electron chi connectivity index (χ3n) is 2.54. The van der Waals surface area contributed by atoms with Crippen molar-refractivity contribution in [2.24, 2.45) is 0 Å². The van der Waals surface area contributed by atoms with Gasteiger partial charge in [-0.15, -0.1) is 0 Å². The topological polar surface area (TPSA) is 24.9 Å². The molecule has 0 aliphatic carbocycles. The summed E-state index contributed by atoms with van der Waals surface area (Å²) in [5.74, 6) is 0. The van der Waals surface area contributed by atoms with E-state index in [4.69, 9.17) is 23.2 Å². The molecule has 4 heteroatoms. The summed E-state index contributed by atoms with van der Waals surface area (Å²) in [6.45, 7) is 1.06. The third-order valence-corrected chi connectivity index (χ3v) is 3.06. The van der Waals surface area contributed by atoms with Gasteiger partial charge in [-0.1, -0.05) is 29.6 Å². The molecular weight excluding hydrogens is 219 g/mol. The molecule has 2 rings (SSSR count). The van der Waals surface area contributed by atoms with Crippen LogP contribution in [0.3, 0.4) is 0 Å². The van der Waals surface area contributed by atoms with Gasteiger partial charge in [-0.3, -0.25) is 0 Å². The van der Waals surface area contributed by atoms with Gasteiger partial charge in [-0.05, 0) is 31.0 Å². The number of nitrogens with one attached hydrogen (secondary N) is 1. The predicted molar refractivity (Wildman–Crippen MR) is 58.9 cm³/mol. The van der Waals surface area contributed by atoms with Gasteiger partial charge in [0.05, 0.1) is 5.02 Å². The first kappa shape index (κ1) is 10.2. The monoisotopic (exact) mass is 230 g/mol. The number of halogens is 2. The van der Waals surface area contributed by atoms with Crippen molar-refractivity contribution in [1.82, 2.24) is 10.3 Å². The van der Waals surface area contributed by atoms with Gasteiger partial charge in [-0.25, -0.2) is 4.98 Å². The SMILES string of the molecule is Clc1cc(C2CCCCN2)c(Cl)cn1. The summed E-state index contributed by atoms with van der Waals surface area (Å²) in [6, 6.07) is 2.20. The molecule has 1 N–H and O–H groups in total. The van der Waals surface area contributed by atoms with Crippen LogP contribution in [-0.4, -0.2) is 11.5 Å². The quantitative estimate of drug-likeness (QED) is 0.750. The first-order valence-corrected chi connectivity index (χ1v) is 5.57. The Kier molecular flexibility index (Phi) is 3.26. The van der Waals surface area contributed by atoms with Crippen molar-refractivity contribution in [1.29, 1.82) is 0 Å². The van der Waals surface area contributed by atoms with E-state index in [2.05, 4.69) is 10.3 Å². The second-order valence-corrected chi connectivity index (χ2v) is 4.33. The standard InChI is InChI=1S/C10H12Cl2N2/c11-8-6-14-10(12)5-7(8)9-3-1-2-4-13-9/h5-6,9,13H,1-4H2. The molecule has 2 heterocycles. The maximum atomic E-state index is 6.07. The molecule has 1 atom stereocenters. The normalized spacial score (nSPS) is 22.3. The zero-order chi connectivity index (χ0) is 9.97. The summed E-state index contributed by atoms with van der Waals surface area (Å²) in [7, 11) is 0. The fourth-order valence-corrected chi connectivity index (χ4v) is 2.21. The minimum atomic E-state index is 0.344. The van der Waals surface area contributed by atoms with Crippen LogP contribution in [0.2, 0.25) is 10.2 Å². The molecule has 14 heavy (non-hydrogen) atoms. The van der Waals surface area contributed by atoms with Crippen molar-refractivity contribution in [2.45, 2.75) is 25.3 Å². The Bertz CT molecular complexity index is 322. The molecular formula is C10H12Cl2N2. The van der Waals surface area contributed by atoms with Crippen LogP contribution in [-0.2, 0) is 0 Å². The van der Waals surface area contributed by atoms with Gasteiger partial charge in [0.15, 0.2) is 0 Å². The van der Waals surface area contributed by atoms with Gasteiger partial charge in [0.25, 0.3) is 0 Å². The van der Waals surface area contributed by atoms with Crippen LogP contribution in [0.1, 0.15) is 30.9 Å². The van der Waals surface area contributed by atoms with Crippen LogP contribution >= 0.6 is 23.2 Å². The molecule has 2 nitrogen and oxygen atoms in total. The molecule has 0 amide bonds.